The second-order valence-corrected chi connectivity index (χ2v) is 6.82. The van der Waals surface area contributed by atoms with E-state index in [4.69, 9.17) is 0 Å². The number of hydrogen-bond donors (Lipinski definition) is 1. The monoisotopic (exact) mass is 366 g/mol. The van der Waals surface area contributed by atoms with Gasteiger partial charge in [0, 0.05) is 14.1 Å². The van der Waals surface area contributed by atoms with E-state index in [1.165, 1.54) is 11.6 Å². The molecule has 27 heavy (non-hydrogen) atoms. The molecule has 8 nitrogen and oxygen atoms in total. The Morgan fingerprint density at radius 1 is 1.11 bits per heavy atom. The highest BCUT2D eigenvalue weighted by Crippen LogP contribution is 2.31. The van der Waals surface area contributed by atoms with Crippen LogP contribution in [-0.4, -0.2) is 24.4 Å². The Bertz CT molecular complexity index is 1150. The lowest BCUT2D eigenvalue weighted by Gasteiger charge is -2.27. The Hall–Kier alpha value is -3.16. The Morgan fingerprint density at radius 3 is 2.56 bits per heavy atom. The number of imidazole rings is 1. The SMILES string of the molecule is CCCC[C@H]1C(c2ccccc2)=NNc2nc3c(c(=O)n(C)c(=O)n3C)n21. The van der Waals surface area contributed by atoms with Gasteiger partial charge in [-0.05, 0) is 12.0 Å². The highest BCUT2D eigenvalue weighted by molar-refractivity contribution is 6.05. The third-order valence-electron chi connectivity index (χ3n) is 5.10. The molecule has 0 spiro atoms. The number of hydrogen-bond acceptors (Lipinski definition) is 5. The summed E-state index contributed by atoms with van der Waals surface area (Å²) in [7, 11) is 3.12. The largest absolute Gasteiger partial charge is 0.332 e. The minimum Gasteiger partial charge on any atom is -0.294 e. The van der Waals surface area contributed by atoms with Gasteiger partial charge in [0.05, 0.1) is 11.8 Å². The predicted octanol–water partition coefficient (Wildman–Crippen LogP) is 1.99. The van der Waals surface area contributed by atoms with Crippen LogP contribution in [0.3, 0.4) is 0 Å². The zero-order chi connectivity index (χ0) is 19.1. The summed E-state index contributed by atoms with van der Waals surface area (Å²) in [6.07, 6.45) is 2.85. The van der Waals surface area contributed by atoms with Crippen molar-refractivity contribution in [2.24, 2.45) is 19.2 Å². The molecule has 0 radical (unpaired) electrons. The van der Waals surface area contributed by atoms with Crippen molar-refractivity contribution in [3.63, 3.8) is 0 Å². The summed E-state index contributed by atoms with van der Waals surface area (Å²) < 4.78 is 4.44. The molecule has 8 heteroatoms. The first-order valence-electron chi connectivity index (χ1n) is 9.11. The molecule has 1 atom stereocenters. The maximum atomic E-state index is 12.9. The molecule has 0 saturated heterocycles. The van der Waals surface area contributed by atoms with Crippen LogP contribution in [0, 0.1) is 0 Å². The lowest BCUT2D eigenvalue weighted by atomic mass is 9.97. The highest BCUT2D eigenvalue weighted by atomic mass is 16.2. The average molecular weight is 366 g/mol. The van der Waals surface area contributed by atoms with Gasteiger partial charge in [-0.1, -0.05) is 50.1 Å². The topological polar surface area (TPSA) is 86.2 Å². The first kappa shape index (κ1) is 17.3. The fourth-order valence-corrected chi connectivity index (χ4v) is 3.63. The molecule has 3 aromatic rings. The zero-order valence-electron chi connectivity index (χ0n) is 15.6. The Morgan fingerprint density at radius 2 is 1.85 bits per heavy atom. The smallest absolute Gasteiger partial charge is 0.294 e. The number of hydrazone groups is 1. The lowest BCUT2D eigenvalue weighted by molar-refractivity contribution is 0.559. The highest BCUT2D eigenvalue weighted by Gasteiger charge is 2.31. The van der Waals surface area contributed by atoms with Crippen molar-refractivity contribution in [2.75, 3.05) is 5.43 Å². The second-order valence-electron chi connectivity index (χ2n) is 6.82. The van der Waals surface area contributed by atoms with Crippen LogP contribution in [0.25, 0.3) is 11.2 Å². The molecule has 1 N–H and O–H groups in total. The molecular formula is C19H22N6O2. The summed E-state index contributed by atoms with van der Waals surface area (Å²) in [5.41, 5.74) is 4.90. The van der Waals surface area contributed by atoms with Crippen LogP contribution in [0.2, 0.25) is 0 Å². The van der Waals surface area contributed by atoms with Crippen molar-refractivity contribution >= 4 is 22.8 Å². The molecule has 0 aliphatic carbocycles. The lowest BCUT2D eigenvalue weighted by Crippen LogP contribution is -2.38. The predicted molar refractivity (Wildman–Crippen MR) is 105 cm³/mol. The fraction of sp³-hybridized carbons (Fsp3) is 0.368. The van der Waals surface area contributed by atoms with Crippen LogP contribution in [0.5, 0.6) is 0 Å². The molecule has 1 aromatic carbocycles. The molecule has 0 fully saturated rings. The third kappa shape index (κ3) is 2.59. The fourth-order valence-electron chi connectivity index (χ4n) is 3.63. The van der Waals surface area contributed by atoms with Gasteiger partial charge in [0.25, 0.3) is 5.56 Å². The molecule has 0 amide bonds. The molecular weight excluding hydrogens is 344 g/mol. The van der Waals surface area contributed by atoms with E-state index in [-0.39, 0.29) is 11.6 Å². The first-order valence-corrected chi connectivity index (χ1v) is 9.11. The number of unbranched alkanes of at least 4 members (excludes halogenated alkanes) is 1. The van der Waals surface area contributed by atoms with Crippen molar-refractivity contribution in [1.82, 2.24) is 18.7 Å². The van der Waals surface area contributed by atoms with E-state index in [0.29, 0.717) is 17.1 Å². The molecule has 1 aliphatic rings. The van der Waals surface area contributed by atoms with Crippen molar-refractivity contribution in [3.05, 3.63) is 56.7 Å². The molecule has 0 bridgehead atoms. The maximum absolute atomic E-state index is 12.9. The van der Waals surface area contributed by atoms with Crippen LogP contribution >= 0.6 is 0 Å². The molecule has 0 unspecified atom stereocenters. The normalized spacial score (nSPS) is 16.1. The molecule has 2 aromatic heterocycles. The number of fused-ring (bicyclic) bond motifs is 3. The number of aromatic nitrogens is 4. The number of benzene rings is 1. The van der Waals surface area contributed by atoms with E-state index in [9.17, 15) is 9.59 Å². The third-order valence-corrected chi connectivity index (χ3v) is 5.10. The van der Waals surface area contributed by atoms with Crippen molar-refractivity contribution in [3.8, 4) is 0 Å². The minimum atomic E-state index is -0.391. The number of aryl methyl sites for hydroxylation is 1. The van der Waals surface area contributed by atoms with Gasteiger partial charge < -0.3 is 0 Å². The average Bonchev–Trinajstić information content (AvgIpc) is 3.09. The summed E-state index contributed by atoms with van der Waals surface area (Å²) in [6.45, 7) is 2.13. The summed E-state index contributed by atoms with van der Waals surface area (Å²) in [6, 6.07) is 9.80. The van der Waals surface area contributed by atoms with Crippen molar-refractivity contribution < 1.29 is 0 Å². The van der Waals surface area contributed by atoms with Gasteiger partial charge in [-0.3, -0.25) is 18.5 Å². The number of anilines is 1. The van der Waals surface area contributed by atoms with Gasteiger partial charge in [-0.2, -0.15) is 10.1 Å². The Balaban J connectivity index is 1.99. The maximum Gasteiger partial charge on any atom is 0.332 e. The standard InChI is InChI=1S/C19H22N6O2/c1-4-5-11-13-14(12-9-7-6-8-10-12)21-22-18-20-16-15(25(13)18)17(26)24(3)19(27)23(16)2/h6-10,13H,4-5,11H2,1-3H3,(H,20,22)/t13-/m0/s1. The van der Waals surface area contributed by atoms with Gasteiger partial charge >= 0.3 is 5.69 Å². The van der Waals surface area contributed by atoms with Gasteiger partial charge in [0.15, 0.2) is 11.2 Å². The van der Waals surface area contributed by atoms with E-state index >= 15 is 0 Å². The quantitative estimate of drug-likeness (QED) is 0.765. The molecule has 0 saturated carbocycles. The van der Waals surface area contributed by atoms with E-state index in [1.807, 2.05) is 34.9 Å². The molecule has 4 rings (SSSR count). The summed E-state index contributed by atoms with van der Waals surface area (Å²) >= 11 is 0. The minimum absolute atomic E-state index is 0.126. The van der Waals surface area contributed by atoms with E-state index in [1.54, 1.807) is 7.05 Å². The molecule has 3 heterocycles. The van der Waals surface area contributed by atoms with Gasteiger partial charge in [-0.15, -0.1) is 0 Å². The van der Waals surface area contributed by atoms with Crippen molar-refractivity contribution in [2.45, 2.75) is 32.2 Å². The van der Waals surface area contributed by atoms with Crippen LogP contribution in [-0.2, 0) is 14.1 Å². The molecule has 1 aliphatic heterocycles. The summed E-state index contributed by atoms with van der Waals surface area (Å²) in [5, 5.41) is 4.56. The Kier molecular flexibility index (Phi) is 4.18. The summed E-state index contributed by atoms with van der Waals surface area (Å²) in [5.74, 6) is 0.490. The second kappa shape index (κ2) is 6.53. The van der Waals surface area contributed by atoms with E-state index in [0.717, 1.165) is 35.1 Å². The van der Waals surface area contributed by atoms with Gasteiger partial charge in [-0.25, -0.2) is 10.2 Å². The van der Waals surface area contributed by atoms with Crippen molar-refractivity contribution in [1.29, 1.82) is 0 Å². The zero-order valence-corrected chi connectivity index (χ0v) is 15.6. The van der Waals surface area contributed by atoms with E-state index in [2.05, 4.69) is 22.4 Å². The summed E-state index contributed by atoms with van der Waals surface area (Å²) in [4.78, 5) is 29.7. The number of rotatable bonds is 4. The Labute approximate surface area is 155 Å². The van der Waals surface area contributed by atoms with Crippen LogP contribution < -0.4 is 16.7 Å². The van der Waals surface area contributed by atoms with Crippen LogP contribution in [0.1, 0.15) is 37.8 Å². The van der Waals surface area contributed by atoms with Gasteiger partial charge in [0.1, 0.15) is 0 Å². The van der Waals surface area contributed by atoms with Crippen LogP contribution in [0.15, 0.2) is 45.0 Å². The molecule has 140 valence electrons. The van der Waals surface area contributed by atoms with E-state index < -0.39 is 5.69 Å². The van der Waals surface area contributed by atoms with Crippen LogP contribution in [0.4, 0.5) is 5.95 Å². The number of nitrogens with one attached hydrogen (secondary N) is 1. The van der Waals surface area contributed by atoms with Gasteiger partial charge in [0.2, 0.25) is 5.95 Å². The number of nitrogens with zero attached hydrogens (tertiary/aromatic N) is 5. The first-order chi connectivity index (χ1) is 13.0.